The highest BCUT2D eigenvalue weighted by molar-refractivity contribution is 6.27. The van der Waals surface area contributed by atoms with Crippen LogP contribution in [0.5, 0.6) is 0 Å². The third kappa shape index (κ3) is 3.41. The number of hydrogen-bond acceptors (Lipinski definition) is 1. The fourth-order valence-corrected chi connectivity index (χ4v) is 11.6. The predicted octanol–water partition coefficient (Wildman–Crippen LogP) is 13.1. The maximum absolute atomic E-state index is 2.65. The molecule has 238 valence electrons. The van der Waals surface area contributed by atoms with Gasteiger partial charge in [-0.1, -0.05) is 130 Å². The summed E-state index contributed by atoms with van der Waals surface area (Å²) in [7, 11) is 0. The molecule has 1 spiro atoms. The van der Waals surface area contributed by atoms with Crippen molar-refractivity contribution in [2.75, 3.05) is 4.90 Å². The van der Waals surface area contributed by atoms with Crippen LogP contribution < -0.4 is 4.90 Å². The molecule has 2 saturated carbocycles. The van der Waals surface area contributed by atoms with Gasteiger partial charge >= 0.3 is 0 Å². The van der Waals surface area contributed by atoms with E-state index < -0.39 is 0 Å². The van der Waals surface area contributed by atoms with Gasteiger partial charge in [0, 0.05) is 22.7 Å². The van der Waals surface area contributed by atoms with Gasteiger partial charge in [0.05, 0.1) is 5.69 Å². The molecule has 0 amide bonds. The number of anilines is 3. The highest BCUT2D eigenvalue weighted by atomic mass is 15.1. The first-order valence-electron chi connectivity index (χ1n) is 18.3. The maximum atomic E-state index is 2.65. The third-order valence-electron chi connectivity index (χ3n) is 14.4. The SMILES string of the molecule is CC12CCC13CC(C1=C2CC2C=CC(c4ccc5ccc6c(N(c7ccccc7)c7ccccc7)ccc7ccc4c5c76)=CC2=C1)C3(C)C. The van der Waals surface area contributed by atoms with Crippen molar-refractivity contribution in [3.8, 4) is 0 Å². The average Bonchev–Trinajstić information content (AvgIpc) is 3.13. The van der Waals surface area contributed by atoms with Crippen LogP contribution in [0.1, 0.15) is 52.0 Å². The van der Waals surface area contributed by atoms with E-state index in [1.54, 1.807) is 5.57 Å². The van der Waals surface area contributed by atoms with E-state index in [4.69, 9.17) is 0 Å². The van der Waals surface area contributed by atoms with Gasteiger partial charge in [-0.25, -0.2) is 0 Å². The number of nitrogens with zero attached hydrogens (tertiary/aromatic N) is 1. The molecule has 2 fully saturated rings. The summed E-state index contributed by atoms with van der Waals surface area (Å²) in [6.07, 6.45) is 15.6. The molecule has 49 heavy (non-hydrogen) atoms. The van der Waals surface area contributed by atoms with Crippen molar-refractivity contribution in [2.45, 2.75) is 46.5 Å². The quantitative estimate of drug-likeness (QED) is 0.175. The van der Waals surface area contributed by atoms with Gasteiger partial charge in [0.1, 0.15) is 0 Å². The molecule has 1 heteroatoms. The summed E-state index contributed by atoms with van der Waals surface area (Å²) in [4.78, 5) is 2.40. The Labute approximate surface area is 289 Å². The number of para-hydroxylation sites is 2. The monoisotopic (exact) mass is 631 g/mol. The topological polar surface area (TPSA) is 3.24 Å². The number of allylic oxidation sites excluding steroid dienone is 8. The summed E-state index contributed by atoms with van der Waals surface area (Å²) in [5.41, 5.74) is 12.6. The molecule has 0 heterocycles. The van der Waals surface area contributed by atoms with Crippen molar-refractivity contribution < 1.29 is 0 Å². The Kier molecular flexibility index (Phi) is 5.38. The first kappa shape index (κ1) is 28.0. The highest BCUT2D eigenvalue weighted by Gasteiger charge is 2.76. The van der Waals surface area contributed by atoms with Gasteiger partial charge in [0.2, 0.25) is 0 Å². The van der Waals surface area contributed by atoms with Gasteiger partial charge in [0.15, 0.2) is 0 Å². The lowest BCUT2D eigenvalue weighted by molar-refractivity contribution is -0.251. The lowest BCUT2D eigenvalue weighted by Crippen LogP contribution is -2.72. The van der Waals surface area contributed by atoms with E-state index in [1.807, 2.05) is 5.57 Å². The van der Waals surface area contributed by atoms with Crippen LogP contribution >= 0.6 is 0 Å². The zero-order valence-electron chi connectivity index (χ0n) is 28.6. The van der Waals surface area contributed by atoms with Gasteiger partial charge in [-0.3, -0.25) is 0 Å². The largest absolute Gasteiger partial charge is 0.310 e. The first-order valence-corrected chi connectivity index (χ1v) is 18.3. The van der Waals surface area contributed by atoms with Crippen LogP contribution in [0.2, 0.25) is 0 Å². The van der Waals surface area contributed by atoms with Crippen LogP contribution in [0.25, 0.3) is 37.9 Å². The molecule has 0 N–H and O–H groups in total. The maximum Gasteiger partial charge on any atom is 0.0540 e. The fraction of sp³-hybridized carbons (Fsp3) is 0.250. The van der Waals surface area contributed by atoms with Gasteiger partial charge in [-0.15, -0.1) is 0 Å². The van der Waals surface area contributed by atoms with Crippen molar-refractivity contribution in [2.24, 2.45) is 28.1 Å². The van der Waals surface area contributed by atoms with Crippen molar-refractivity contribution in [1.82, 2.24) is 0 Å². The van der Waals surface area contributed by atoms with Crippen LogP contribution in [0.3, 0.4) is 0 Å². The van der Waals surface area contributed by atoms with Crippen LogP contribution in [0, 0.1) is 28.1 Å². The fourth-order valence-electron chi connectivity index (χ4n) is 11.6. The Morgan fingerprint density at radius 3 is 1.98 bits per heavy atom. The molecular formula is C48H41N. The predicted molar refractivity (Wildman–Crippen MR) is 207 cm³/mol. The normalized spacial score (nSPS) is 27.6. The molecule has 4 unspecified atom stereocenters. The van der Waals surface area contributed by atoms with Crippen LogP contribution in [0.4, 0.5) is 17.1 Å². The Hall–Kier alpha value is -4.88. The molecule has 1 nitrogen and oxygen atoms in total. The third-order valence-corrected chi connectivity index (χ3v) is 14.4. The van der Waals surface area contributed by atoms with E-state index in [1.165, 1.54) is 80.4 Å². The summed E-state index contributed by atoms with van der Waals surface area (Å²) < 4.78 is 0. The Balaban J connectivity index is 1.07. The zero-order valence-corrected chi connectivity index (χ0v) is 28.6. The van der Waals surface area contributed by atoms with Crippen LogP contribution in [-0.4, -0.2) is 0 Å². The van der Waals surface area contributed by atoms with Crippen LogP contribution in [-0.2, 0) is 0 Å². The summed E-state index contributed by atoms with van der Waals surface area (Å²) in [6, 6.07) is 40.2. The number of hydrogen-bond donors (Lipinski definition) is 0. The second-order valence-corrected chi connectivity index (χ2v) is 16.4. The number of fused-ring (bicyclic) bond motifs is 1. The second kappa shape index (κ2) is 9.42. The van der Waals surface area contributed by atoms with E-state index in [9.17, 15) is 0 Å². The number of benzene rings is 6. The van der Waals surface area contributed by atoms with Crippen LogP contribution in [0.15, 0.2) is 150 Å². The van der Waals surface area contributed by atoms with E-state index in [0.29, 0.717) is 22.2 Å². The molecule has 0 aliphatic heterocycles. The van der Waals surface area contributed by atoms with Gasteiger partial charge < -0.3 is 4.90 Å². The first-order chi connectivity index (χ1) is 23.9. The molecular weight excluding hydrogens is 591 g/mol. The number of rotatable bonds is 4. The van der Waals surface area contributed by atoms with Gasteiger partial charge in [-0.05, 0) is 127 Å². The van der Waals surface area contributed by atoms with Crippen molar-refractivity contribution in [3.05, 3.63) is 156 Å². The lowest BCUT2D eigenvalue weighted by Gasteiger charge is -2.80. The Morgan fingerprint density at radius 2 is 1.31 bits per heavy atom. The Bertz CT molecular complexity index is 2450. The van der Waals surface area contributed by atoms with E-state index in [2.05, 4.69) is 159 Å². The minimum Gasteiger partial charge on any atom is -0.310 e. The van der Waals surface area contributed by atoms with Crippen molar-refractivity contribution in [3.63, 3.8) is 0 Å². The average molecular weight is 632 g/mol. The molecule has 6 aliphatic rings. The summed E-state index contributed by atoms with van der Waals surface area (Å²) in [6.45, 7) is 7.76. The molecule has 4 atom stereocenters. The molecule has 12 rings (SSSR count). The van der Waals surface area contributed by atoms with Gasteiger partial charge in [0.25, 0.3) is 0 Å². The summed E-state index contributed by atoms with van der Waals surface area (Å²) in [5, 5.41) is 7.93. The molecule has 0 radical (unpaired) electrons. The molecule has 6 aromatic rings. The standard InChI is InChI=1S/C48H41N/c1-46(2)42-29-48(46)25-24-47(48,3)41-28-32-14-15-33(26-34(32)27-40(41)42)37-20-16-30-18-22-39-43(23-19-31-17-21-38(37)44(30)45(31)39)49(35-10-6-4-7-11-35)36-12-8-5-9-13-36/h4-23,26-27,32,42H,24-25,28-29H2,1-3H3. The van der Waals surface area contributed by atoms with E-state index >= 15 is 0 Å². The van der Waals surface area contributed by atoms with Crippen molar-refractivity contribution >= 4 is 55.0 Å². The summed E-state index contributed by atoms with van der Waals surface area (Å²) in [5.74, 6) is 1.23. The molecule has 6 aliphatic carbocycles. The van der Waals surface area contributed by atoms with Gasteiger partial charge in [-0.2, -0.15) is 0 Å². The molecule has 0 saturated heterocycles. The minimum absolute atomic E-state index is 0.405. The minimum atomic E-state index is 0.405. The second-order valence-electron chi connectivity index (χ2n) is 16.4. The summed E-state index contributed by atoms with van der Waals surface area (Å²) >= 11 is 0. The van der Waals surface area contributed by atoms with E-state index in [0.717, 1.165) is 17.3 Å². The van der Waals surface area contributed by atoms with Crippen molar-refractivity contribution in [1.29, 1.82) is 0 Å². The zero-order chi connectivity index (χ0) is 32.7. The molecule has 0 aromatic heterocycles. The van der Waals surface area contributed by atoms with E-state index in [-0.39, 0.29) is 0 Å². The molecule has 2 bridgehead atoms. The highest BCUT2D eigenvalue weighted by Crippen LogP contribution is 2.84. The smallest absolute Gasteiger partial charge is 0.0540 e. The lowest BCUT2D eigenvalue weighted by atomic mass is 9.24. The Morgan fingerprint density at radius 1 is 0.653 bits per heavy atom. The molecule has 6 aromatic carbocycles.